The Morgan fingerprint density at radius 2 is 1.89 bits per heavy atom. The molecule has 18 heavy (non-hydrogen) atoms. The summed E-state index contributed by atoms with van der Waals surface area (Å²) in [6, 6.07) is 6.57. The van der Waals surface area contributed by atoms with E-state index >= 15 is 0 Å². The molecule has 0 aliphatic rings. The maximum absolute atomic E-state index is 13.6. The Kier molecular flexibility index (Phi) is 3.84. The van der Waals surface area contributed by atoms with Crippen molar-refractivity contribution in [3.05, 3.63) is 42.5 Å². The smallest absolute Gasteiger partial charge is 0.225 e. The Bertz CT molecular complexity index is 513. The molecule has 0 spiro atoms. The molecule has 94 valence electrons. The van der Waals surface area contributed by atoms with Gasteiger partial charge in [0.1, 0.15) is 5.82 Å². The minimum atomic E-state index is -0.274. The zero-order valence-electron chi connectivity index (χ0n) is 10.2. The Morgan fingerprint density at radius 3 is 2.50 bits per heavy atom. The molecular weight excluding hydrogens is 231 g/mol. The molecule has 1 heterocycles. The summed E-state index contributed by atoms with van der Waals surface area (Å²) in [6.45, 7) is 1.22. The Hall–Kier alpha value is -2.01. The second-order valence-electron chi connectivity index (χ2n) is 3.96. The van der Waals surface area contributed by atoms with Crippen LogP contribution in [-0.4, -0.2) is 30.1 Å². The van der Waals surface area contributed by atoms with Gasteiger partial charge in [-0.1, -0.05) is 18.2 Å². The first-order valence-corrected chi connectivity index (χ1v) is 5.70. The van der Waals surface area contributed by atoms with E-state index in [0.29, 0.717) is 30.2 Å². The Morgan fingerprint density at radius 1 is 1.22 bits per heavy atom. The predicted octanol–water partition coefficient (Wildman–Crippen LogP) is 1.68. The Labute approximate surface area is 105 Å². The van der Waals surface area contributed by atoms with Crippen molar-refractivity contribution in [1.82, 2.24) is 9.97 Å². The highest BCUT2D eigenvalue weighted by Crippen LogP contribution is 2.21. The van der Waals surface area contributed by atoms with E-state index in [1.165, 1.54) is 6.07 Å². The number of aromatic nitrogens is 2. The van der Waals surface area contributed by atoms with Crippen LogP contribution in [0, 0.1) is 5.82 Å². The van der Waals surface area contributed by atoms with Crippen LogP contribution in [0.4, 0.5) is 10.3 Å². The molecule has 0 amide bonds. The third kappa shape index (κ3) is 2.62. The van der Waals surface area contributed by atoms with Gasteiger partial charge in [-0.2, -0.15) is 0 Å². The fourth-order valence-electron chi connectivity index (χ4n) is 1.65. The standard InChI is InChI=1S/C13H15FN4/c1-18(7-6-15)13-16-8-10(9-17-13)11-4-2-3-5-12(11)14/h2-5,8-9H,6-7,15H2,1H3. The molecule has 1 aromatic carbocycles. The van der Waals surface area contributed by atoms with E-state index < -0.39 is 0 Å². The SMILES string of the molecule is CN(CCN)c1ncc(-c2ccccc2F)cn1. The summed E-state index contributed by atoms with van der Waals surface area (Å²) in [4.78, 5) is 10.3. The summed E-state index contributed by atoms with van der Waals surface area (Å²) in [6.07, 6.45) is 3.24. The molecule has 0 aliphatic carbocycles. The lowest BCUT2D eigenvalue weighted by Crippen LogP contribution is -2.26. The van der Waals surface area contributed by atoms with Gasteiger partial charge in [-0.15, -0.1) is 0 Å². The number of nitrogens with zero attached hydrogens (tertiary/aromatic N) is 3. The molecule has 0 bridgehead atoms. The van der Waals surface area contributed by atoms with Gasteiger partial charge in [0.2, 0.25) is 5.95 Å². The molecule has 0 fully saturated rings. The van der Waals surface area contributed by atoms with E-state index in [-0.39, 0.29) is 5.82 Å². The van der Waals surface area contributed by atoms with Gasteiger partial charge >= 0.3 is 0 Å². The number of hydrogen-bond donors (Lipinski definition) is 1. The van der Waals surface area contributed by atoms with Crippen molar-refractivity contribution in [2.24, 2.45) is 5.73 Å². The van der Waals surface area contributed by atoms with E-state index in [1.54, 1.807) is 30.6 Å². The maximum atomic E-state index is 13.6. The van der Waals surface area contributed by atoms with Crippen LogP contribution in [-0.2, 0) is 0 Å². The third-order valence-corrected chi connectivity index (χ3v) is 2.63. The van der Waals surface area contributed by atoms with Crippen LogP contribution in [0.1, 0.15) is 0 Å². The number of benzene rings is 1. The molecule has 0 atom stereocenters. The van der Waals surface area contributed by atoms with E-state index in [4.69, 9.17) is 5.73 Å². The number of hydrogen-bond acceptors (Lipinski definition) is 4. The summed E-state index contributed by atoms with van der Waals surface area (Å²) in [5.74, 6) is 0.310. The lowest BCUT2D eigenvalue weighted by Gasteiger charge is -2.15. The van der Waals surface area contributed by atoms with Gasteiger partial charge < -0.3 is 10.6 Å². The fourth-order valence-corrected chi connectivity index (χ4v) is 1.65. The first-order chi connectivity index (χ1) is 8.72. The summed E-state index contributed by atoms with van der Waals surface area (Å²) < 4.78 is 13.6. The highest BCUT2D eigenvalue weighted by Gasteiger charge is 2.07. The number of likely N-dealkylation sites (N-methyl/N-ethyl adjacent to an activating group) is 1. The molecule has 0 saturated heterocycles. The average molecular weight is 246 g/mol. The van der Waals surface area contributed by atoms with Crippen molar-refractivity contribution < 1.29 is 4.39 Å². The number of nitrogens with two attached hydrogens (primary N) is 1. The number of halogens is 1. The molecule has 0 radical (unpaired) electrons. The van der Waals surface area contributed by atoms with Crippen LogP contribution in [0.5, 0.6) is 0 Å². The second-order valence-corrected chi connectivity index (χ2v) is 3.96. The van der Waals surface area contributed by atoms with E-state index in [0.717, 1.165) is 0 Å². The van der Waals surface area contributed by atoms with Crippen LogP contribution in [0.25, 0.3) is 11.1 Å². The van der Waals surface area contributed by atoms with Crippen molar-refractivity contribution in [3.63, 3.8) is 0 Å². The quantitative estimate of drug-likeness (QED) is 0.891. The average Bonchev–Trinajstić information content (AvgIpc) is 2.40. The largest absolute Gasteiger partial charge is 0.343 e. The fraction of sp³-hybridized carbons (Fsp3) is 0.231. The van der Waals surface area contributed by atoms with Gasteiger partial charge in [0, 0.05) is 43.7 Å². The molecule has 2 N–H and O–H groups in total. The molecule has 5 heteroatoms. The molecular formula is C13H15FN4. The van der Waals surface area contributed by atoms with Gasteiger partial charge in [-0.3, -0.25) is 0 Å². The van der Waals surface area contributed by atoms with Crippen molar-refractivity contribution in [2.45, 2.75) is 0 Å². The normalized spacial score (nSPS) is 10.4. The van der Waals surface area contributed by atoms with Gasteiger partial charge in [0.25, 0.3) is 0 Å². The second kappa shape index (κ2) is 5.55. The molecule has 4 nitrogen and oxygen atoms in total. The minimum absolute atomic E-state index is 0.274. The predicted molar refractivity (Wildman–Crippen MR) is 69.8 cm³/mol. The molecule has 2 aromatic rings. The zero-order valence-corrected chi connectivity index (χ0v) is 10.2. The van der Waals surface area contributed by atoms with Gasteiger partial charge in [0.15, 0.2) is 0 Å². The van der Waals surface area contributed by atoms with Crippen LogP contribution < -0.4 is 10.6 Å². The number of anilines is 1. The highest BCUT2D eigenvalue weighted by molar-refractivity contribution is 5.62. The summed E-state index contributed by atoms with van der Waals surface area (Å²) >= 11 is 0. The third-order valence-electron chi connectivity index (χ3n) is 2.63. The van der Waals surface area contributed by atoms with Crippen LogP contribution in [0.2, 0.25) is 0 Å². The Balaban J connectivity index is 2.25. The minimum Gasteiger partial charge on any atom is -0.343 e. The van der Waals surface area contributed by atoms with Gasteiger partial charge in [-0.25, -0.2) is 14.4 Å². The van der Waals surface area contributed by atoms with Crippen molar-refractivity contribution in [1.29, 1.82) is 0 Å². The maximum Gasteiger partial charge on any atom is 0.225 e. The van der Waals surface area contributed by atoms with E-state index in [1.807, 2.05) is 11.9 Å². The van der Waals surface area contributed by atoms with Crippen molar-refractivity contribution in [3.8, 4) is 11.1 Å². The number of rotatable bonds is 4. The van der Waals surface area contributed by atoms with Crippen LogP contribution >= 0.6 is 0 Å². The first kappa shape index (κ1) is 12.4. The van der Waals surface area contributed by atoms with Gasteiger partial charge in [-0.05, 0) is 6.07 Å². The summed E-state index contributed by atoms with van der Waals surface area (Å²) in [5, 5.41) is 0. The van der Waals surface area contributed by atoms with Crippen LogP contribution in [0.3, 0.4) is 0 Å². The molecule has 1 aromatic heterocycles. The summed E-state index contributed by atoms with van der Waals surface area (Å²) in [7, 11) is 1.87. The molecule has 0 unspecified atom stereocenters. The monoisotopic (exact) mass is 246 g/mol. The molecule has 0 aliphatic heterocycles. The van der Waals surface area contributed by atoms with Crippen molar-refractivity contribution in [2.75, 3.05) is 25.0 Å². The zero-order chi connectivity index (χ0) is 13.0. The summed E-state index contributed by atoms with van der Waals surface area (Å²) in [5.41, 5.74) is 6.63. The molecule has 0 saturated carbocycles. The highest BCUT2D eigenvalue weighted by atomic mass is 19.1. The van der Waals surface area contributed by atoms with E-state index in [9.17, 15) is 4.39 Å². The van der Waals surface area contributed by atoms with Crippen LogP contribution in [0.15, 0.2) is 36.7 Å². The van der Waals surface area contributed by atoms with E-state index in [2.05, 4.69) is 9.97 Å². The topological polar surface area (TPSA) is 55.0 Å². The molecule has 2 rings (SSSR count). The lowest BCUT2D eigenvalue weighted by molar-refractivity contribution is 0.631. The first-order valence-electron chi connectivity index (χ1n) is 5.70. The van der Waals surface area contributed by atoms with Gasteiger partial charge in [0.05, 0.1) is 0 Å². The lowest BCUT2D eigenvalue weighted by atomic mass is 10.1. The van der Waals surface area contributed by atoms with Crippen molar-refractivity contribution >= 4 is 5.95 Å².